The first kappa shape index (κ1) is 19.5. The van der Waals surface area contributed by atoms with Gasteiger partial charge in [0.25, 0.3) is 5.91 Å². The number of nitrogens with one attached hydrogen (secondary N) is 1. The summed E-state index contributed by atoms with van der Waals surface area (Å²) in [5, 5.41) is 21.3. The van der Waals surface area contributed by atoms with Crippen LogP contribution >= 0.6 is 33.9 Å². The third-order valence-corrected chi connectivity index (χ3v) is 5.29. The number of thiophene rings is 1. The molecule has 8 heteroatoms. The van der Waals surface area contributed by atoms with Crippen LogP contribution in [0.5, 0.6) is 11.5 Å². The fourth-order valence-electron chi connectivity index (χ4n) is 2.13. The van der Waals surface area contributed by atoms with Gasteiger partial charge in [0.15, 0.2) is 24.2 Å². The van der Waals surface area contributed by atoms with Gasteiger partial charge in [-0.1, -0.05) is 6.07 Å². The molecule has 1 unspecified atom stereocenters. The largest absolute Gasteiger partial charge is 0.493 e. The zero-order valence-electron chi connectivity index (χ0n) is 13.5. The maximum atomic E-state index is 12.0. The molecule has 6 nitrogen and oxygen atoms in total. The summed E-state index contributed by atoms with van der Waals surface area (Å²) in [6.07, 6.45) is -0.570. The quantitative estimate of drug-likeness (QED) is 0.577. The normalized spacial score (nSPS) is 11.4. The Bertz CT molecular complexity index is 772. The molecule has 1 aromatic carbocycles. The summed E-state index contributed by atoms with van der Waals surface area (Å²) in [7, 11) is 1.53. The zero-order valence-corrected chi connectivity index (χ0v) is 16.5. The van der Waals surface area contributed by atoms with Gasteiger partial charge in [-0.3, -0.25) is 4.79 Å². The second kappa shape index (κ2) is 9.60. The monoisotopic (exact) mass is 472 g/mol. The molecule has 132 valence electrons. The summed E-state index contributed by atoms with van der Waals surface area (Å²) in [5.41, 5.74) is 0.946. The molecule has 1 aromatic heterocycles. The number of carbonyl (C=O) groups excluding carboxylic acids is 1. The van der Waals surface area contributed by atoms with Gasteiger partial charge in [-0.15, -0.1) is 11.3 Å². The van der Waals surface area contributed by atoms with Crippen LogP contribution in [0.25, 0.3) is 0 Å². The maximum Gasteiger partial charge on any atom is 0.254 e. The molecule has 0 saturated carbocycles. The van der Waals surface area contributed by atoms with Crippen LogP contribution in [-0.4, -0.2) is 31.3 Å². The summed E-state index contributed by atoms with van der Waals surface area (Å²) >= 11 is 3.54. The van der Waals surface area contributed by atoms with Crippen molar-refractivity contribution in [3.05, 3.63) is 43.7 Å². The Hall–Kier alpha value is -1.83. The fourth-order valence-corrected chi connectivity index (χ4v) is 3.79. The highest BCUT2D eigenvalue weighted by Crippen LogP contribution is 2.28. The van der Waals surface area contributed by atoms with Gasteiger partial charge in [0.05, 0.1) is 9.99 Å². The fraction of sp³-hybridized carbons (Fsp3) is 0.294. The summed E-state index contributed by atoms with van der Waals surface area (Å²) in [6.45, 7) is 0.339. The number of halogens is 1. The van der Waals surface area contributed by atoms with Crippen molar-refractivity contribution in [2.24, 2.45) is 0 Å². The Morgan fingerprint density at radius 2 is 2.20 bits per heavy atom. The van der Waals surface area contributed by atoms with Gasteiger partial charge in [-0.25, -0.2) is 0 Å². The third-order valence-electron chi connectivity index (χ3n) is 3.35. The molecule has 1 heterocycles. The minimum Gasteiger partial charge on any atom is -0.493 e. The number of nitriles is 1. The molecule has 1 atom stereocenters. The first-order chi connectivity index (χ1) is 12.0. The molecule has 2 rings (SSSR count). The van der Waals surface area contributed by atoms with E-state index in [1.165, 1.54) is 18.4 Å². The number of methoxy groups -OCH3 is 1. The maximum absolute atomic E-state index is 12.0. The van der Waals surface area contributed by atoms with Gasteiger partial charge in [0.1, 0.15) is 6.07 Å². The molecule has 0 fully saturated rings. The van der Waals surface area contributed by atoms with Crippen LogP contribution in [-0.2, 0) is 11.2 Å². The molecule has 1 amide bonds. The smallest absolute Gasteiger partial charge is 0.254 e. The van der Waals surface area contributed by atoms with E-state index in [1.807, 2.05) is 18.2 Å². The second-order valence-corrected chi connectivity index (χ2v) is 8.03. The number of nitrogens with zero attached hydrogens (tertiary/aromatic N) is 1. The van der Waals surface area contributed by atoms with Gasteiger partial charge in [-0.2, -0.15) is 5.26 Å². The van der Waals surface area contributed by atoms with E-state index >= 15 is 0 Å². The first-order valence-corrected chi connectivity index (χ1v) is 9.32. The number of benzene rings is 1. The van der Waals surface area contributed by atoms with Crippen molar-refractivity contribution < 1.29 is 19.4 Å². The van der Waals surface area contributed by atoms with Crippen LogP contribution in [0.2, 0.25) is 0 Å². The van der Waals surface area contributed by atoms with Crippen molar-refractivity contribution in [1.82, 2.24) is 5.32 Å². The number of carbonyl (C=O) groups is 1. The Kier molecular flexibility index (Phi) is 7.49. The van der Waals surface area contributed by atoms with E-state index < -0.39 is 12.0 Å². The molecule has 0 bridgehead atoms. The lowest BCUT2D eigenvalue weighted by Gasteiger charge is -2.12. The molecule has 2 N–H and O–H groups in total. The van der Waals surface area contributed by atoms with Crippen LogP contribution in [0.1, 0.15) is 16.5 Å². The number of amides is 1. The van der Waals surface area contributed by atoms with E-state index in [0.29, 0.717) is 29.3 Å². The van der Waals surface area contributed by atoms with Gasteiger partial charge in [-0.05, 0) is 58.8 Å². The van der Waals surface area contributed by atoms with Crippen LogP contribution in [0.4, 0.5) is 0 Å². The average Bonchev–Trinajstić information content (AvgIpc) is 3.05. The van der Waals surface area contributed by atoms with Crippen LogP contribution in [0, 0.1) is 14.2 Å². The second-order valence-electron chi connectivity index (χ2n) is 5.02. The number of hydrogen-bond acceptors (Lipinski definition) is 6. The lowest BCUT2D eigenvalue weighted by atomic mass is 10.1. The Balaban J connectivity index is 1.88. The van der Waals surface area contributed by atoms with Crippen LogP contribution in [0.15, 0.2) is 30.3 Å². The van der Waals surface area contributed by atoms with Gasteiger partial charge in [0, 0.05) is 11.4 Å². The Morgan fingerprint density at radius 3 is 2.84 bits per heavy atom. The predicted molar refractivity (Wildman–Crippen MR) is 103 cm³/mol. The summed E-state index contributed by atoms with van der Waals surface area (Å²) in [6, 6.07) is 10.9. The highest BCUT2D eigenvalue weighted by atomic mass is 127. The minimum absolute atomic E-state index is 0.0503. The van der Waals surface area contributed by atoms with Crippen molar-refractivity contribution in [3.63, 3.8) is 0 Å². The number of aliphatic hydroxyl groups excluding tert-OH is 1. The zero-order chi connectivity index (χ0) is 18.2. The van der Waals surface area contributed by atoms with Crippen molar-refractivity contribution in [3.8, 4) is 17.6 Å². The van der Waals surface area contributed by atoms with E-state index in [-0.39, 0.29) is 6.61 Å². The van der Waals surface area contributed by atoms with Crippen molar-refractivity contribution in [2.75, 3.05) is 20.3 Å². The SMILES string of the molecule is COc1cc(CCNC(=O)C(O)c2ccc(I)s2)ccc1OCC#N. The molecular formula is C17H17IN2O4S. The number of ether oxygens (including phenoxy) is 2. The van der Waals surface area contributed by atoms with E-state index in [1.54, 1.807) is 18.2 Å². The Morgan fingerprint density at radius 1 is 1.40 bits per heavy atom. The third kappa shape index (κ3) is 5.59. The van der Waals surface area contributed by atoms with E-state index in [9.17, 15) is 9.90 Å². The van der Waals surface area contributed by atoms with Crippen molar-refractivity contribution >= 4 is 39.8 Å². The number of hydrogen-bond donors (Lipinski definition) is 2. The molecule has 0 radical (unpaired) electrons. The summed E-state index contributed by atoms with van der Waals surface area (Å²) in [4.78, 5) is 12.6. The highest BCUT2D eigenvalue weighted by Gasteiger charge is 2.18. The lowest BCUT2D eigenvalue weighted by Crippen LogP contribution is -2.30. The number of aliphatic hydroxyl groups is 1. The molecule has 2 aromatic rings. The van der Waals surface area contributed by atoms with E-state index in [4.69, 9.17) is 14.7 Å². The minimum atomic E-state index is -1.15. The first-order valence-electron chi connectivity index (χ1n) is 7.43. The molecule has 0 saturated heterocycles. The molecule has 25 heavy (non-hydrogen) atoms. The van der Waals surface area contributed by atoms with Gasteiger partial charge >= 0.3 is 0 Å². The van der Waals surface area contributed by atoms with Gasteiger partial charge in [0.2, 0.25) is 0 Å². The van der Waals surface area contributed by atoms with Crippen LogP contribution in [0.3, 0.4) is 0 Å². The topological polar surface area (TPSA) is 91.6 Å². The van der Waals surface area contributed by atoms with E-state index in [0.717, 1.165) is 8.45 Å². The Labute approximate surface area is 163 Å². The highest BCUT2D eigenvalue weighted by molar-refractivity contribution is 14.1. The molecular weight excluding hydrogens is 455 g/mol. The number of rotatable bonds is 8. The summed E-state index contributed by atoms with van der Waals surface area (Å²) in [5.74, 6) is 0.617. The molecule has 0 aliphatic rings. The molecule has 0 spiro atoms. The summed E-state index contributed by atoms with van der Waals surface area (Å²) < 4.78 is 11.5. The standard InChI is InChI=1S/C17H17IN2O4S/c1-23-13-10-11(2-3-12(13)24-9-7-19)6-8-20-17(22)16(21)14-4-5-15(18)25-14/h2-5,10,16,21H,6,8-9H2,1H3,(H,20,22). The van der Waals surface area contributed by atoms with Crippen LogP contribution < -0.4 is 14.8 Å². The lowest BCUT2D eigenvalue weighted by molar-refractivity contribution is -0.129. The molecule has 0 aliphatic heterocycles. The predicted octanol–water partition coefficient (Wildman–Crippen LogP) is 2.66. The average molecular weight is 472 g/mol. The van der Waals surface area contributed by atoms with Gasteiger partial charge < -0.3 is 19.9 Å². The van der Waals surface area contributed by atoms with Crippen molar-refractivity contribution in [1.29, 1.82) is 5.26 Å². The van der Waals surface area contributed by atoms with E-state index in [2.05, 4.69) is 27.9 Å². The van der Waals surface area contributed by atoms with Crippen molar-refractivity contribution in [2.45, 2.75) is 12.5 Å². The molecule has 0 aliphatic carbocycles.